The van der Waals surface area contributed by atoms with Crippen molar-refractivity contribution in [2.45, 2.75) is 58.0 Å². The van der Waals surface area contributed by atoms with Crippen LogP contribution in [0.5, 0.6) is 0 Å². The minimum Gasteiger partial charge on any atom is -0.456 e. The Labute approximate surface area is 132 Å². The van der Waals surface area contributed by atoms with Gasteiger partial charge in [-0.3, -0.25) is 9.59 Å². The summed E-state index contributed by atoms with van der Waals surface area (Å²) in [6, 6.07) is 10.3. The number of piperidine rings is 1. The Morgan fingerprint density at radius 1 is 1.14 bits per heavy atom. The molecule has 0 bridgehead atoms. The number of amides is 1. The fourth-order valence-corrected chi connectivity index (χ4v) is 3.09. The molecule has 0 spiro atoms. The quantitative estimate of drug-likeness (QED) is 0.786. The molecule has 0 N–H and O–H groups in total. The van der Waals surface area contributed by atoms with E-state index in [0.29, 0.717) is 12.8 Å². The molecule has 1 fully saturated rings. The third kappa shape index (κ3) is 4.58. The number of ether oxygens (including phenoxy) is 1. The predicted octanol–water partition coefficient (Wildman–Crippen LogP) is 2.95. The highest BCUT2D eigenvalue weighted by molar-refractivity contribution is 5.81. The minimum atomic E-state index is -0.311. The first kappa shape index (κ1) is 16.5. The Hall–Kier alpha value is -1.84. The van der Waals surface area contributed by atoms with Crippen molar-refractivity contribution in [3.8, 4) is 0 Å². The molecule has 1 aromatic carbocycles. The Bertz CT molecular complexity index is 490. The van der Waals surface area contributed by atoms with E-state index in [-0.39, 0.29) is 30.6 Å². The summed E-state index contributed by atoms with van der Waals surface area (Å²) in [5.74, 6) is -0.387. The van der Waals surface area contributed by atoms with Crippen molar-refractivity contribution in [2.24, 2.45) is 0 Å². The van der Waals surface area contributed by atoms with Crippen molar-refractivity contribution in [1.82, 2.24) is 4.90 Å². The second-order valence-corrected chi connectivity index (χ2v) is 6.08. The van der Waals surface area contributed by atoms with E-state index in [1.807, 2.05) is 35.2 Å². The number of carbonyl (C=O) groups is 2. The van der Waals surface area contributed by atoms with Crippen molar-refractivity contribution in [3.63, 3.8) is 0 Å². The summed E-state index contributed by atoms with van der Waals surface area (Å²) in [5, 5.41) is 0. The van der Waals surface area contributed by atoms with Crippen LogP contribution in [0.2, 0.25) is 0 Å². The summed E-state index contributed by atoms with van der Waals surface area (Å²) in [6.45, 7) is 3.98. The maximum absolute atomic E-state index is 12.2. The molecule has 1 amide bonds. The van der Waals surface area contributed by atoms with Gasteiger partial charge in [0.15, 0.2) is 6.61 Å². The predicted molar refractivity (Wildman–Crippen MR) is 85.3 cm³/mol. The van der Waals surface area contributed by atoms with E-state index in [4.69, 9.17) is 4.74 Å². The molecule has 1 aliphatic heterocycles. The van der Waals surface area contributed by atoms with Crippen LogP contribution in [-0.2, 0) is 20.7 Å². The Morgan fingerprint density at radius 3 is 2.41 bits per heavy atom. The molecular weight excluding hydrogens is 278 g/mol. The van der Waals surface area contributed by atoms with Gasteiger partial charge in [0.05, 0.1) is 0 Å². The van der Waals surface area contributed by atoms with Crippen LogP contribution in [0.15, 0.2) is 30.3 Å². The molecule has 0 aliphatic carbocycles. The second-order valence-electron chi connectivity index (χ2n) is 6.08. The molecule has 1 saturated heterocycles. The molecule has 1 aromatic rings. The van der Waals surface area contributed by atoms with Gasteiger partial charge in [0.1, 0.15) is 0 Å². The molecule has 1 aliphatic rings. The van der Waals surface area contributed by atoms with E-state index in [0.717, 1.165) is 24.8 Å². The first-order valence-corrected chi connectivity index (χ1v) is 8.08. The molecule has 22 heavy (non-hydrogen) atoms. The standard InChI is InChI=1S/C18H25NO3/c1-14-7-6-8-15(2)19(14)17(20)13-22-18(21)12-11-16-9-4-3-5-10-16/h3-5,9-10,14-15H,6-8,11-13H2,1-2H3. The van der Waals surface area contributed by atoms with Crippen molar-refractivity contribution in [1.29, 1.82) is 0 Å². The lowest BCUT2D eigenvalue weighted by atomic mass is 9.97. The maximum Gasteiger partial charge on any atom is 0.306 e. The van der Waals surface area contributed by atoms with Crippen molar-refractivity contribution in [3.05, 3.63) is 35.9 Å². The Morgan fingerprint density at radius 2 is 1.77 bits per heavy atom. The van der Waals surface area contributed by atoms with Gasteiger partial charge >= 0.3 is 5.97 Å². The zero-order valence-electron chi connectivity index (χ0n) is 13.5. The monoisotopic (exact) mass is 303 g/mol. The molecule has 0 radical (unpaired) electrons. The van der Waals surface area contributed by atoms with E-state index >= 15 is 0 Å². The summed E-state index contributed by atoms with van der Waals surface area (Å²) in [4.78, 5) is 25.9. The number of likely N-dealkylation sites (tertiary alicyclic amines) is 1. The van der Waals surface area contributed by atoms with Gasteiger partial charge in [-0.25, -0.2) is 0 Å². The number of nitrogens with zero attached hydrogens (tertiary/aromatic N) is 1. The van der Waals surface area contributed by atoms with Crippen LogP contribution in [0.25, 0.3) is 0 Å². The number of rotatable bonds is 5. The fourth-order valence-electron chi connectivity index (χ4n) is 3.09. The van der Waals surface area contributed by atoms with Crippen LogP contribution in [0.1, 0.15) is 45.1 Å². The molecule has 2 unspecified atom stereocenters. The van der Waals surface area contributed by atoms with Gasteiger partial charge < -0.3 is 9.64 Å². The molecule has 120 valence electrons. The summed E-state index contributed by atoms with van der Waals surface area (Å²) >= 11 is 0. The summed E-state index contributed by atoms with van der Waals surface area (Å²) in [7, 11) is 0. The van der Waals surface area contributed by atoms with Gasteiger partial charge in [0.25, 0.3) is 5.91 Å². The molecule has 4 heteroatoms. The van der Waals surface area contributed by atoms with Crippen LogP contribution in [0.3, 0.4) is 0 Å². The first-order chi connectivity index (χ1) is 10.6. The third-order valence-corrected chi connectivity index (χ3v) is 4.30. The average Bonchev–Trinajstić information content (AvgIpc) is 2.52. The van der Waals surface area contributed by atoms with Gasteiger partial charge in [0, 0.05) is 18.5 Å². The van der Waals surface area contributed by atoms with Gasteiger partial charge in [-0.1, -0.05) is 30.3 Å². The first-order valence-electron chi connectivity index (χ1n) is 8.08. The van der Waals surface area contributed by atoms with Gasteiger partial charge in [-0.15, -0.1) is 0 Å². The summed E-state index contributed by atoms with van der Waals surface area (Å²) < 4.78 is 5.15. The van der Waals surface area contributed by atoms with E-state index in [1.54, 1.807) is 0 Å². The molecule has 2 rings (SSSR count). The van der Waals surface area contributed by atoms with Crippen LogP contribution >= 0.6 is 0 Å². The van der Waals surface area contributed by atoms with Crippen molar-refractivity contribution in [2.75, 3.05) is 6.61 Å². The van der Waals surface area contributed by atoms with E-state index in [2.05, 4.69) is 13.8 Å². The number of hydrogen-bond acceptors (Lipinski definition) is 3. The molecule has 1 heterocycles. The van der Waals surface area contributed by atoms with Crippen LogP contribution in [0, 0.1) is 0 Å². The lowest BCUT2D eigenvalue weighted by Crippen LogP contribution is -2.49. The minimum absolute atomic E-state index is 0.0761. The molecular formula is C18H25NO3. The van der Waals surface area contributed by atoms with Crippen molar-refractivity contribution >= 4 is 11.9 Å². The lowest BCUT2D eigenvalue weighted by Gasteiger charge is -2.38. The Kier molecular flexibility index (Phi) is 5.99. The normalized spacial score (nSPS) is 21.5. The summed E-state index contributed by atoms with van der Waals surface area (Å²) in [5.41, 5.74) is 1.10. The largest absolute Gasteiger partial charge is 0.456 e. The van der Waals surface area contributed by atoms with E-state index in [1.165, 1.54) is 0 Å². The molecule has 4 nitrogen and oxygen atoms in total. The number of esters is 1. The highest BCUT2D eigenvalue weighted by Crippen LogP contribution is 2.22. The summed E-state index contributed by atoms with van der Waals surface area (Å²) in [6.07, 6.45) is 4.16. The molecule has 0 saturated carbocycles. The number of benzene rings is 1. The number of hydrogen-bond donors (Lipinski definition) is 0. The topological polar surface area (TPSA) is 46.6 Å². The van der Waals surface area contributed by atoms with Crippen LogP contribution in [-0.4, -0.2) is 35.5 Å². The Balaban J connectivity index is 1.74. The second kappa shape index (κ2) is 7.97. The maximum atomic E-state index is 12.2. The lowest BCUT2D eigenvalue weighted by molar-refractivity contribution is -0.154. The average molecular weight is 303 g/mol. The van der Waals surface area contributed by atoms with Crippen LogP contribution < -0.4 is 0 Å². The number of carbonyl (C=O) groups excluding carboxylic acids is 2. The number of aryl methyl sites for hydroxylation is 1. The van der Waals surface area contributed by atoms with Gasteiger partial charge in [-0.05, 0) is 45.1 Å². The van der Waals surface area contributed by atoms with Crippen LogP contribution in [0.4, 0.5) is 0 Å². The van der Waals surface area contributed by atoms with E-state index in [9.17, 15) is 9.59 Å². The third-order valence-electron chi connectivity index (χ3n) is 4.30. The zero-order chi connectivity index (χ0) is 15.9. The van der Waals surface area contributed by atoms with Gasteiger partial charge in [-0.2, -0.15) is 0 Å². The van der Waals surface area contributed by atoms with Gasteiger partial charge in [0.2, 0.25) is 0 Å². The molecule has 2 atom stereocenters. The zero-order valence-corrected chi connectivity index (χ0v) is 13.5. The fraction of sp³-hybridized carbons (Fsp3) is 0.556. The van der Waals surface area contributed by atoms with E-state index < -0.39 is 0 Å². The highest BCUT2D eigenvalue weighted by atomic mass is 16.5. The molecule has 0 aromatic heterocycles. The highest BCUT2D eigenvalue weighted by Gasteiger charge is 2.29. The van der Waals surface area contributed by atoms with Crippen molar-refractivity contribution < 1.29 is 14.3 Å². The smallest absolute Gasteiger partial charge is 0.306 e. The SMILES string of the molecule is CC1CCCC(C)N1C(=O)COC(=O)CCc1ccccc1.